The zero-order valence-corrected chi connectivity index (χ0v) is 27.5. The molecule has 0 spiro atoms. The minimum absolute atomic E-state index is 0.0222. The van der Waals surface area contributed by atoms with Crippen LogP contribution < -0.4 is 28.6 Å². The van der Waals surface area contributed by atoms with E-state index in [1.54, 1.807) is 26.0 Å². The van der Waals surface area contributed by atoms with Gasteiger partial charge in [0.05, 0.1) is 42.5 Å². The summed E-state index contributed by atoms with van der Waals surface area (Å²) in [5, 5.41) is 2.84. The number of hydrogen-bond acceptors (Lipinski definition) is 8. The smallest absolute Gasteiger partial charge is 0.265 e. The van der Waals surface area contributed by atoms with Gasteiger partial charge >= 0.3 is 0 Å². The van der Waals surface area contributed by atoms with E-state index in [4.69, 9.17) is 25.8 Å². The average molecular weight is 674 g/mol. The average Bonchev–Trinajstić information content (AvgIpc) is 3.01. The number of halogens is 1. The highest BCUT2D eigenvalue weighted by atomic mass is 35.5. The normalized spacial score (nSPS) is 11.4. The van der Waals surface area contributed by atoms with E-state index in [-0.39, 0.29) is 37.7 Å². The van der Waals surface area contributed by atoms with Gasteiger partial charge in [-0.3, -0.25) is 13.8 Å². The molecule has 0 aliphatic carbocycles. The second-order valence-electron chi connectivity index (χ2n) is 9.79. The lowest BCUT2D eigenvalue weighted by Crippen LogP contribution is -2.38. The molecule has 0 atom stereocenters. The minimum Gasteiger partial charge on any atom is -0.495 e. The summed E-state index contributed by atoms with van der Waals surface area (Å²) in [6.45, 7) is 2.93. The molecule has 4 rings (SSSR count). The van der Waals surface area contributed by atoms with Gasteiger partial charge in [0.1, 0.15) is 12.3 Å². The number of nitrogens with one attached hydrogen (secondary N) is 2. The summed E-state index contributed by atoms with van der Waals surface area (Å²) >= 11 is 6.22. The number of carbonyl (C=O) groups excluding carboxylic acids is 1. The lowest BCUT2D eigenvalue weighted by Gasteiger charge is -2.26. The molecule has 238 valence electrons. The molecule has 0 aliphatic heterocycles. The van der Waals surface area contributed by atoms with Crippen molar-refractivity contribution in [3.63, 3.8) is 0 Å². The molecule has 0 aromatic heterocycles. The number of aryl methyl sites for hydroxylation is 2. The Morgan fingerprint density at radius 1 is 0.756 bits per heavy atom. The molecular weight excluding hydrogens is 642 g/mol. The van der Waals surface area contributed by atoms with Gasteiger partial charge < -0.3 is 19.5 Å². The number of ether oxygens (including phenoxy) is 3. The summed E-state index contributed by atoms with van der Waals surface area (Å²) < 4.78 is 73.5. The monoisotopic (exact) mass is 673 g/mol. The minimum atomic E-state index is -4.40. The first-order valence-corrected chi connectivity index (χ1v) is 16.7. The van der Waals surface area contributed by atoms with Crippen LogP contribution in [0.4, 0.5) is 17.1 Å². The van der Waals surface area contributed by atoms with E-state index in [9.17, 15) is 21.6 Å². The van der Waals surface area contributed by atoms with Crippen molar-refractivity contribution >= 4 is 54.6 Å². The van der Waals surface area contributed by atoms with Gasteiger partial charge in [-0.2, -0.15) is 0 Å². The summed E-state index contributed by atoms with van der Waals surface area (Å²) in [6, 6.07) is 19.3. The van der Waals surface area contributed by atoms with Crippen LogP contribution in [-0.4, -0.2) is 50.6 Å². The second-order valence-corrected chi connectivity index (χ2v) is 13.8. The SMILES string of the molecule is COc1ccc(S(=O)(=O)N(CC(=O)Nc2ccc(S(=O)(=O)Nc3c(C)cccc3C)cc2)c2cc(Cl)ccc2OC)cc1OC. The standard InChI is InChI=1S/C31H32ClN3O8S2/c1-20-7-6-8-21(2)31(20)34-44(37,38)24-12-10-23(11-13-24)33-30(36)19-35(26-17-22(32)9-15-27(26)41-3)45(39,40)25-14-16-28(42-4)29(18-25)43-5/h6-18,34H,19H2,1-5H3,(H,33,36). The summed E-state index contributed by atoms with van der Waals surface area (Å²) in [4.78, 5) is 13.1. The van der Waals surface area contributed by atoms with Crippen LogP contribution in [0.1, 0.15) is 11.1 Å². The number of carbonyl (C=O) groups is 1. The highest BCUT2D eigenvalue weighted by Crippen LogP contribution is 2.37. The largest absolute Gasteiger partial charge is 0.495 e. The van der Waals surface area contributed by atoms with Gasteiger partial charge in [-0.05, 0) is 79.6 Å². The first kappa shape index (κ1) is 33.4. The number of benzene rings is 4. The lowest BCUT2D eigenvalue weighted by molar-refractivity contribution is -0.114. The number of para-hydroxylation sites is 1. The van der Waals surface area contributed by atoms with Gasteiger partial charge in [-0.15, -0.1) is 0 Å². The molecule has 0 saturated heterocycles. The van der Waals surface area contributed by atoms with Gasteiger partial charge in [0.2, 0.25) is 5.91 Å². The van der Waals surface area contributed by atoms with Crippen molar-refractivity contribution in [2.75, 3.05) is 42.2 Å². The van der Waals surface area contributed by atoms with Gasteiger partial charge in [-0.25, -0.2) is 16.8 Å². The molecule has 14 heteroatoms. The second kappa shape index (κ2) is 13.7. The molecule has 1 amide bonds. The Kier molecular flexibility index (Phi) is 10.2. The zero-order chi connectivity index (χ0) is 32.9. The van der Waals surface area contributed by atoms with Crippen LogP contribution in [0.2, 0.25) is 5.02 Å². The summed E-state index contributed by atoms with van der Waals surface area (Å²) in [5.41, 5.74) is 2.29. The van der Waals surface area contributed by atoms with Gasteiger partial charge in [0.25, 0.3) is 20.0 Å². The molecule has 2 N–H and O–H groups in total. The molecule has 45 heavy (non-hydrogen) atoms. The summed E-state index contributed by atoms with van der Waals surface area (Å²) in [5.74, 6) is -0.0773. The fourth-order valence-corrected chi connectivity index (χ4v) is 7.29. The zero-order valence-electron chi connectivity index (χ0n) is 25.1. The maximum absolute atomic E-state index is 14.0. The van der Waals surface area contributed by atoms with Crippen LogP contribution >= 0.6 is 11.6 Å². The van der Waals surface area contributed by atoms with Gasteiger partial charge in [0.15, 0.2) is 11.5 Å². The number of anilines is 3. The van der Waals surface area contributed by atoms with Crippen LogP contribution in [0.15, 0.2) is 88.7 Å². The van der Waals surface area contributed by atoms with Crippen molar-refractivity contribution in [3.05, 3.63) is 95.0 Å². The molecular formula is C31H32ClN3O8S2. The Labute approximate surface area is 267 Å². The quantitative estimate of drug-likeness (QED) is 0.198. The molecule has 11 nitrogen and oxygen atoms in total. The molecule has 0 radical (unpaired) electrons. The number of amides is 1. The highest BCUT2D eigenvalue weighted by Gasteiger charge is 2.31. The van der Waals surface area contributed by atoms with Crippen molar-refractivity contribution in [1.29, 1.82) is 0 Å². The lowest BCUT2D eigenvalue weighted by atomic mass is 10.1. The van der Waals surface area contributed by atoms with E-state index in [1.807, 2.05) is 6.07 Å². The molecule has 0 fully saturated rings. The van der Waals surface area contributed by atoms with Crippen LogP contribution in [0.25, 0.3) is 0 Å². The van der Waals surface area contributed by atoms with E-state index in [0.717, 1.165) is 15.4 Å². The molecule has 0 unspecified atom stereocenters. The van der Waals surface area contributed by atoms with Crippen LogP contribution in [0.5, 0.6) is 17.2 Å². The predicted molar refractivity (Wildman–Crippen MR) is 174 cm³/mol. The van der Waals surface area contributed by atoms with Crippen molar-refractivity contribution < 1.29 is 35.8 Å². The van der Waals surface area contributed by atoms with E-state index in [1.165, 1.54) is 82.0 Å². The molecule has 0 bridgehead atoms. The number of methoxy groups -OCH3 is 3. The predicted octanol–water partition coefficient (Wildman–Crippen LogP) is 5.62. The Morgan fingerprint density at radius 2 is 1.33 bits per heavy atom. The maximum Gasteiger partial charge on any atom is 0.265 e. The summed E-state index contributed by atoms with van der Waals surface area (Å²) in [7, 11) is -4.18. The molecule has 0 heterocycles. The van der Waals surface area contributed by atoms with Crippen molar-refractivity contribution in [2.24, 2.45) is 0 Å². The first-order valence-electron chi connectivity index (χ1n) is 13.4. The van der Waals surface area contributed by atoms with Gasteiger partial charge in [0, 0.05) is 16.8 Å². The topological polar surface area (TPSA) is 140 Å². The molecule has 4 aromatic carbocycles. The maximum atomic E-state index is 14.0. The van der Waals surface area contributed by atoms with Crippen LogP contribution in [0, 0.1) is 13.8 Å². The Morgan fingerprint density at radius 3 is 1.93 bits per heavy atom. The Hall–Kier alpha value is -4.46. The highest BCUT2D eigenvalue weighted by molar-refractivity contribution is 7.93. The number of rotatable bonds is 12. The number of sulfonamides is 2. The molecule has 4 aromatic rings. The van der Waals surface area contributed by atoms with Crippen molar-refractivity contribution in [3.8, 4) is 17.2 Å². The van der Waals surface area contributed by atoms with Crippen molar-refractivity contribution in [2.45, 2.75) is 23.6 Å². The third-order valence-corrected chi connectivity index (χ3v) is 10.2. The summed E-state index contributed by atoms with van der Waals surface area (Å²) in [6.07, 6.45) is 0. The number of hydrogen-bond donors (Lipinski definition) is 2. The van der Waals surface area contributed by atoms with Gasteiger partial charge in [-0.1, -0.05) is 29.8 Å². The van der Waals surface area contributed by atoms with E-state index < -0.39 is 32.5 Å². The van der Waals surface area contributed by atoms with E-state index >= 15 is 0 Å². The molecule has 0 saturated carbocycles. The third-order valence-electron chi connectivity index (χ3n) is 6.81. The van der Waals surface area contributed by atoms with Crippen LogP contribution in [0.3, 0.4) is 0 Å². The molecule has 0 aliphatic rings. The van der Waals surface area contributed by atoms with E-state index in [0.29, 0.717) is 11.4 Å². The third kappa shape index (κ3) is 7.44. The Bertz CT molecular complexity index is 1910. The number of nitrogens with zero attached hydrogens (tertiary/aromatic N) is 1. The van der Waals surface area contributed by atoms with Crippen molar-refractivity contribution in [1.82, 2.24) is 0 Å². The first-order chi connectivity index (χ1) is 21.3. The van der Waals surface area contributed by atoms with Crippen LogP contribution in [-0.2, 0) is 24.8 Å². The van der Waals surface area contributed by atoms with E-state index in [2.05, 4.69) is 10.0 Å². The fourth-order valence-electron chi connectivity index (χ4n) is 4.48. The Balaban J connectivity index is 1.63. The fraction of sp³-hybridized carbons (Fsp3) is 0.194.